The number of hydrogen-bond acceptors (Lipinski definition) is 4. The fourth-order valence-corrected chi connectivity index (χ4v) is 11.2. The van der Waals surface area contributed by atoms with Crippen molar-refractivity contribution in [1.29, 1.82) is 0 Å². The number of nitrogens with zero attached hydrogens (tertiary/aromatic N) is 5. The third kappa shape index (κ3) is 4.76. The van der Waals surface area contributed by atoms with Gasteiger partial charge in [0.05, 0.1) is 33.8 Å². The van der Waals surface area contributed by atoms with Crippen LogP contribution in [0.15, 0.2) is 164 Å². The Labute approximate surface area is 303 Å². The van der Waals surface area contributed by atoms with Crippen molar-refractivity contribution in [3.63, 3.8) is 0 Å². The summed E-state index contributed by atoms with van der Waals surface area (Å²) >= 11 is 0. The van der Waals surface area contributed by atoms with Crippen LogP contribution in [0.3, 0.4) is 0 Å². The fraction of sp³-hybridized carbons (Fsp3) is 0.0435. The summed E-state index contributed by atoms with van der Waals surface area (Å²) in [7, 11) is -2.08. The van der Waals surface area contributed by atoms with Gasteiger partial charge in [0.2, 0.25) is 5.95 Å². The van der Waals surface area contributed by atoms with Crippen molar-refractivity contribution in [3.05, 3.63) is 164 Å². The molecule has 0 atom stereocenters. The molecule has 6 heteroatoms. The van der Waals surface area contributed by atoms with Gasteiger partial charge in [-0.3, -0.25) is 4.57 Å². The molecule has 0 spiro atoms. The number of rotatable bonds is 5. The minimum atomic E-state index is -2.08. The van der Waals surface area contributed by atoms with Gasteiger partial charge in [0.25, 0.3) is 0 Å². The van der Waals surface area contributed by atoms with Crippen LogP contribution in [0.1, 0.15) is 0 Å². The van der Waals surface area contributed by atoms with Gasteiger partial charge >= 0.3 is 0 Å². The Morgan fingerprint density at radius 1 is 0.442 bits per heavy atom. The number of benzene rings is 6. The molecule has 9 aromatic rings. The standard InChI is InChI=1S/C46H33N5Si/c1-52(2)41-25-15-13-23-35(41)43-44(52)42(32-20-10-5-11-21-32)49-46(50-43)51-39-24-14-12-22-34(39)36-28-33(26-27-40(36)51)45-47-37(30-16-6-3-7-17-30)29-38(48-45)31-18-8-4-9-19-31/h3-29H,1-2H3. The maximum absolute atomic E-state index is 5.47. The first-order chi connectivity index (χ1) is 25.5. The molecule has 6 aromatic carbocycles. The molecule has 3 aromatic heterocycles. The van der Waals surface area contributed by atoms with Gasteiger partial charge in [-0.15, -0.1) is 0 Å². The monoisotopic (exact) mass is 683 g/mol. The van der Waals surface area contributed by atoms with E-state index < -0.39 is 8.07 Å². The number of fused-ring (bicyclic) bond motifs is 6. The van der Waals surface area contributed by atoms with Gasteiger partial charge in [-0.25, -0.2) is 19.9 Å². The summed E-state index contributed by atoms with van der Waals surface area (Å²) in [5.74, 6) is 1.36. The first-order valence-electron chi connectivity index (χ1n) is 17.7. The van der Waals surface area contributed by atoms with E-state index in [0.717, 1.165) is 66.8 Å². The highest BCUT2D eigenvalue weighted by molar-refractivity contribution is 7.04. The highest BCUT2D eigenvalue weighted by Crippen LogP contribution is 2.37. The fourth-order valence-electron chi connectivity index (χ4n) is 7.93. The van der Waals surface area contributed by atoms with Crippen molar-refractivity contribution in [2.75, 3.05) is 0 Å². The maximum Gasteiger partial charge on any atom is 0.235 e. The molecule has 0 radical (unpaired) electrons. The first-order valence-corrected chi connectivity index (χ1v) is 20.7. The maximum atomic E-state index is 5.47. The Morgan fingerprint density at radius 2 is 1.00 bits per heavy atom. The Morgan fingerprint density at radius 3 is 1.69 bits per heavy atom. The quantitative estimate of drug-likeness (QED) is 0.170. The van der Waals surface area contributed by atoms with Gasteiger partial charge in [-0.1, -0.05) is 147 Å². The summed E-state index contributed by atoms with van der Waals surface area (Å²) in [5, 5.41) is 4.94. The largest absolute Gasteiger partial charge is 0.278 e. The molecule has 0 aliphatic carbocycles. The molecule has 4 heterocycles. The van der Waals surface area contributed by atoms with Crippen LogP contribution in [0.5, 0.6) is 0 Å². The van der Waals surface area contributed by atoms with Gasteiger partial charge < -0.3 is 0 Å². The van der Waals surface area contributed by atoms with E-state index in [1.165, 1.54) is 15.9 Å². The molecular weight excluding hydrogens is 651 g/mol. The zero-order valence-corrected chi connectivity index (χ0v) is 29.8. The van der Waals surface area contributed by atoms with Crippen LogP contribution in [-0.2, 0) is 0 Å². The van der Waals surface area contributed by atoms with E-state index in [2.05, 4.69) is 145 Å². The summed E-state index contributed by atoms with van der Waals surface area (Å²) in [6, 6.07) is 57.2. The molecule has 0 saturated carbocycles. The lowest BCUT2D eigenvalue weighted by molar-refractivity contribution is 1.00. The Kier molecular flexibility index (Phi) is 6.88. The van der Waals surface area contributed by atoms with Crippen LogP contribution in [0.2, 0.25) is 13.1 Å². The van der Waals surface area contributed by atoms with E-state index in [1.54, 1.807) is 0 Å². The lowest BCUT2D eigenvalue weighted by Crippen LogP contribution is -2.50. The summed E-state index contributed by atoms with van der Waals surface area (Å²) in [5.41, 5.74) is 11.3. The molecule has 10 rings (SSSR count). The van der Waals surface area contributed by atoms with Crippen molar-refractivity contribution in [2.24, 2.45) is 0 Å². The number of para-hydroxylation sites is 1. The van der Waals surface area contributed by atoms with Crippen molar-refractivity contribution in [1.82, 2.24) is 24.5 Å². The molecule has 52 heavy (non-hydrogen) atoms. The molecule has 0 saturated heterocycles. The van der Waals surface area contributed by atoms with Crippen molar-refractivity contribution < 1.29 is 0 Å². The molecule has 1 aliphatic rings. The normalized spacial score (nSPS) is 13.0. The second-order valence-electron chi connectivity index (χ2n) is 13.9. The van der Waals surface area contributed by atoms with Gasteiger partial charge in [0.15, 0.2) is 5.82 Å². The lowest BCUT2D eigenvalue weighted by atomic mass is 10.1. The van der Waals surface area contributed by atoms with Gasteiger partial charge in [-0.05, 0) is 46.3 Å². The van der Waals surface area contributed by atoms with E-state index >= 15 is 0 Å². The third-order valence-electron chi connectivity index (χ3n) is 10.4. The average Bonchev–Trinajstić information content (AvgIpc) is 3.66. The molecule has 0 bridgehead atoms. The lowest BCUT2D eigenvalue weighted by Gasteiger charge is -2.21. The van der Waals surface area contributed by atoms with Crippen molar-refractivity contribution in [3.8, 4) is 62.4 Å². The number of aromatic nitrogens is 5. The molecule has 246 valence electrons. The van der Waals surface area contributed by atoms with E-state index in [1.807, 2.05) is 36.4 Å². The van der Waals surface area contributed by atoms with E-state index in [4.69, 9.17) is 19.9 Å². The topological polar surface area (TPSA) is 56.5 Å². The van der Waals surface area contributed by atoms with Crippen LogP contribution < -0.4 is 10.4 Å². The van der Waals surface area contributed by atoms with E-state index in [9.17, 15) is 0 Å². The molecule has 5 nitrogen and oxygen atoms in total. The zero-order chi connectivity index (χ0) is 34.8. The van der Waals surface area contributed by atoms with Gasteiger partial charge in [0, 0.05) is 33.0 Å². The molecular formula is C46H33N5Si. The van der Waals surface area contributed by atoms with E-state index in [-0.39, 0.29) is 0 Å². The molecule has 0 N–H and O–H groups in total. The van der Waals surface area contributed by atoms with Crippen LogP contribution in [0, 0.1) is 0 Å². The predicted molar refractivity (Wildman–Crippen MR) is 216 cm³/mol. The second-order valence-corrected chi connectivity index (χ2v) is 18.2. The highest BCUT2D eigenvalue weighted by Gasteiger charge is 2.41. The second kappa shape index (κ2) is 11.8. The predicted octanol–water partition coefficient (Wildman–Crippen LogP) is 9.83. The SMILES string of the molecule is C[Si]1(C)c2ccccc2-c2nc(-n3c4ccccc4c4cc(-c5nc(-c6ccccc6)cc(-c6ccccc6)n5)ccc43)nc(-c3ccccc3)c21. The Hall–Kier alpha value is -6.50. The van der Waals surface area contributed by atoms with Crippen LogP contribution in [0.25, 0.3) is 84.2 Å². The molecule has 1 aliphatic heterocycles. The first kappa shape index (κ1) is 30.3. The minimum Gasteiger partial charge on any atom is -0.278 e. The molecule has 0 unspecified atom stereocenters. The number of hydrogen-bond donors (Lipinski definition) is 0. The minimum absolute atomic E-state index is 0.673. The highest BCUT2D eigenvalue weighted by atomic mass is 28.3. The molecule has 0 amide bonds. The zero-order valence-electron chi connectivity index (χ0n) is 28.8. The van der Waals surface area contributed by atoms with Gasteiger partial charge in [-0.2, -0.15) is 0 Å². The smallest absolute Gasteiger partial charge is 0.235 e. The molecule has 0 fully saturated rings. The van der Waals surface area contributed by atoms with Crippen LogP contribution in [-0.4, -0.2) is 32.6 Å². The summed E-state index contributed by atoms with van der Waals surface area (Å²) in [6.07, 6.45) is 0. The Balaban J connectivity index is 1.21. The van der Waals surface area contributed by atoms with Gasteiger partial charge in [0.1, 0.15) is 8.07 Å². The average molecular weight is 684 g/mol. The van der Waals surface area contributed by atoms with Crippen molar-refractivity contribution in [2.45, 2.75) is 13.1 Å². The van der Waals surface area contributed by atoms with Crippen LogP contribution >= 0.6 is 0 Å². The van der Waals surface area contributed by atoms with E-state index in [0.29, 0.717) is 11.8 Å². The third-order valence-corrected chi connectivity index (χ3v) is 13.9. The summed E-state index contributed by atoms with van der Waals surface area (Å²) in [6.45, 7) is 4.85. The van der Waals surface area contributed by atoms with Crippen molar-refractivity contribution >= 4 is 40.3 Å². The summed E-state index contributed by atoms with van der Waals surface area (Å²) < 4.78 is 2.23. The Bertz CT molecular complexity index is 2750. The van der Waals surface area contributed by atoms with Crippen LogP contribution in [0.4, 0.5) is 0 Å². The summed E-state index contributed by atoms with van der Waals surface area (Å²) in [4.78, 5) is 21.2.